The lowest BCUT2D eigenvalue weighted by Gasteiger charge is -2.29. The molecule has 0 unspecified atom stereocenters. The first kappa shape index (κ1) is 19.3. The first-order chi connectivity index (χ1) is 13.9. The fraction of sp³-hybridized carbons (Fsp3) is 0.304. The van der Waals surface area contributed by atoms with E-state index in [0.717, 1.165) is 47.4 Å². The summed E-state index contributed by atoms with van der Waals surface area (Å²) >= 11 is 0. The van der Waals surface area contributed by atoms with Crippen molar-refractivity contribution in [2.75, 3.05) is 18.0 Å². The number of carbonyl (C=O) groups excluding carboxylic acids is 2. The maximum atomic E-state index is 14.4. The van der Waals surface area contributed by atoms with Crippen molar-refractivity contribution in [2.45, 2.75) is 33.1 Å². The van der Waals surface area contributed by atoms with Gasteiger partial charge in [-0.25, -0.2) is 13.7 Å². The average Bonchev–Trinajstić information content (AvgIpc) is 2.95. The van der Waals surface area contributed by atoms with Crippen molar-refractivity contribution in [1.82, 2.24) is 4.90 Å². The molecule has 2 aliphatic rings. The summed E-state index contributed by atoms with van der Waals surface area (Å²) in [5, 5.41) is 0. The molecule has 0 N–H and O–H groups in total. The Morgan fingerprint density at radius 3 is 2.21 bits per heavy atom. The zero-order chi connectivity index (χ0) is 20.7. The molecule has 0 radical (unpaired) electrons. The Balaban J connectivity index is 1.86. The van der Waals surface area contributed by atoms with Crippen LogP contribution in [0.15, 0.2) is 42.1 Å². The summed E-state index contributed by atoms with van der Waals surface area (Å²) in [4.78, 5) is 29.5. The number of benzene rings is 2. The molecule has 29 heavy (non-hydrogen) atoms. The van der Waals surface area contributed by atoms with E-state index in [2.05, 4.69) is 0 Å². The van der Waals surface area contributed by atoms with E-state index in [0.29, 0.717) is 30.4 Å². The van der Waals surface area contributed by atoms with Crippen LogP contribution in [-0.2, 0) is 9.59 Å². The van der Waals surface area contributed by atoms with Crippen LogP contribution in [0.25, 0.3) is 5.57 Å². The number of piperidine rings is 1. The van der Waals surface area contributed by atoms with Crippen LogP contribution < -0.4 is 4.90 Å². The lowest BCUT2D eigenvalue weighted by Crippen LogP contribution is -2.37. The molecule has 1 saturated heterocycles. The Hall–Kier alpha value is -3.02. The van der Waals surface area contributed by atoms with Crippen LogP contribution in [0.5, 0.6) is 0 Å². The molecule has 2 heterocycles. The summed E-state index contributed by atoms with van der Waals surface area (Å²) in [5.74, 6) is -2.84. The standard InChI is InChI=1S/C23H22F2N2O2/c1-14-6-7-16(12-15(14)2)20-21(26-10-4-3-5-11-26)23(29)27(22(20)28)19-9-8-17(24)13-18(19)25/h6-9,12-13H,3-5,10-11H2,1-2H3. The highest BCUT2D eigenvalue weighted by molar-refractivity contribution is 6.45. The van der Waals surface area contributed by atoms with Gasteiger partial charge >= 0.3 is 0 Å². The first-order valence-electron chi connectivity index (χ1n) is 9.79. The van der Waals surface area contributed by atoms with E-state index in [1.165, 1.54) is 0 Å². The van der Waals surface area contributed by atoms with E-state index in [1.807, 2.05) is 36.9 Å². The molecular weight excluding hydrogens is 374 g/mol. The molecular formula is C23H22F2N2O2. The topological polar surface area (TPSA) is 40.6 Å². The van der Waals surface area contributed by atoms with Gasteiger partial charge in [0.25, 0.3) is 11.8 Å². The van der Waals surface area contributed by atoms with Gasteiger partial charge in [0.1, 0.15) is 17.3 Å². The molecule has 0 atom stereocenters. The van der Waals surface area contributed by atoms with Crippen LogP contribution >= 0.6 is 0 Å². The second-order valence-electron chi connectivity index (χ2n) is 7.61. The van der Waals surface area contributed by atoms with Crippen LogP contribution in [0.4, 0.5) is 14.5 Å². The third-order valence-electron chi connectivity index (χ3n) is 5.68. The quantitative estimate of drug-likeness (QED) is 0.724. The minimum absolute atomic E-state index is 0.227. The average molecular weight is 396 g/mol. The Morgan fingerprint density at radius 1 is 0.828 bits per heavy atom. The number of amides is 2. The largest absolute Gasteiger partial charge is 0.366 e. The van der Waals surface area contributed by atoms with E-state index < -0.39 is 23.4 Å². The highest BCUT2D eigenvalue weighted by Gasteiger charge is 2.43. The van der Waals surface area contributed by atoms with E-state index in [9.17, 15) is 18.4 Å². The third kappa shape index (κ3) is 3.33. The smallest absolute Gasteiger partial charge is 0.282 e. The fourth-order valence-electron chi connectivity index (χ4n) is 3.97. The highest BCUT2D eigenvalue weighted by atomic mass is 19.1. The summed E-state index contributed by atoms with van der Waals surface area (Å²) in [6, 6.07) is 8.47. The second-order valence-corrected chi connectivity index (χ2v) is 7.61. The van der Waals surface area contributed by atoms with Crippen molar-refractivity contribution in [1.29, 1.82) is 0 Å². The number of hydrogen-bond donors (Lipinski definition) is 0. The lowest BCUT2D eigenvalue weighted by atomic mass is 9.98. The number of hydrogen-bond acceptors (Lipinski definition) is 3. The molecule has 4 rings (SSSR count). The number of aryl methyl sites for hydroxylation is 2. The molecule has 0 bridgehead atoms. The zero-order valence-corrected chi connectivity index (χ0v) is 16.5. The SMILES string of the molecule is Cc1ccc(C2=C(N3CCCCC3)C(=O)N(c3ccc(F)cc3F)C2=O)cc1C. The van der Waals surface area contributed by atoms with E-state index >= 15 is 0 Å². The maximum absolute atomic E-state index is 14.4. The molecule has 0 saturated carbocycles. The normalized spacial score (nSPS) is 17.5. The van der Waals surface area contributed by atoms with E-state index in [-0.39, 0.29) is 11.3 Å². The van der Waals surface area contributed by atoms with Gasteiger partial charge in [-0.3, -0.25) is 9.59 Å². The van der Waals surface area contributed by atoms with Gasteiger partial charge < -0.3 is 4.90 Å². The Labute approximate surface area is 168 Å². The van der Waals surface area contributed by atoms with Crippen molar-refractivity contribution in [2.24, 2.45) is 0 Å². The number of halogens is 2. The molecule has 0 spiro atoms. The Bertz CT molecular complexity index is 1040. The predicted octanol–water partition coefficient (Wildman–Crippen LogP) is 4.35. The minimum Gasteiger partial charge on any atom is -0.366 e. The minimum atomic E-state index is -0.939. The summed E-state index contributed by atoms with van der Waals surface area (Å²) in [6.45, 7) is 5.25. The van der Waals surface area contributed by atoms with Gasteiger partial charge in [0.2, 0.25) is 0 Å². The molecule has 1 fully saturated rings. The molecule has 150 valence electrons. The van der Waals surface area contributed by atoms with Gasteiger partial charge in [-0.1, -0.05) is 18.2 Å². The van der Waals surface area contributed by atoms with Crippen LogP contribution in [0.1, 0.15) is 36.0 Å². The van der Waals surface area contributed by atoms with Crippen molar-refractivity contribution in [3.8, 4) is 0 Å². The van der Waals surface area contributed by atoms with Crippen molar-refractivity contribution in [3.63, 3.8) is 0 Å². The van der Waals surface area contributed by atoms with Gasteiger partial charge in [0.05, 0.1) is 11.3 Å². The Kier molecular flexibility index (Phi) is 4.94. The van der Waals surface area contributed by atoms with Crippen molar-refractivity contribution in [3.05, 3.63) is 70.4 Å². The summed E-state index contributed by atoms with van der Waals surface area (Å²) in [7, 11) is 0. The molecule has 2 amide bonds. The van der Waals surface area contributed by atoms with Crippen LogP contribution in [0.2, 0.25) is 0 Å². The summed E-state index contributed by atoms with van der Waals surface area (Å²) in [5.41, 5.74) is 3.07. The van der Waals surface area contributed by atoms with Crippen LogP contribution in [0.3, 0.4) is 0 Å². The van der Waals surface area contributed by atoms with E-state index in [4.69, 9.17) is 0 Å². The van der Waals surface area contributed by atoms with Crippen LogP contribution in [0, 0.1) is 25.5 Å². The molecule has 4 nitrogen and oxygen atoms in total. The molecule has 2 aromatic carbocycles. The summed E-state index contributed by atoms with van der Waals surface area (Å²) in [6.07, 6.45) is 2.92. The molecule has 0 aromatic heterocycles. The molecule has 2 aromatic rings. The number of nitrogens with zero attached hydrogens (tertiary/aromatic N) is 2. The zero-order valence-electron chi connectivity index (χ0n) is 16.5. The maximum Gasteiger partial charge on any atom is 0.282 e. The van der Waals surface area contributed by atoms with Gasteiger partial charge in [-0.2, -0.15) is 0 Å². The number of rotatable bonds is 3. The molecule has 2 aliphatic heterocycles. The number of carbonyl (C=O) groups is 2. The molecule has 0 aliphatic carbocycles. The van der Waals surface area contributed by atoms with Gasteiger partial charge in [-0.15, -0.1) is 0 Å². The number of anilines is 1. The van der Waals surface area contributed by atoms with Gasteiger partial charge in [0, 0.05) is 19.2 Å². The van der Waals surface area contributed by atoms with Crippen molar-refractivity contribution < 1.29 is 18.4 Å². The molecule has 6 heteroatoms. The number of imide groups is 1. The van der Waals surface area contributed by atoms with Crippen molar-refractivity contribution >= 4 is 23.1 Å². The lowest BCUT2D eigenvalue weighted by molar-refractivity contribution is -0.120. The second kappa shape index (κ2) is 7.43. The monoisotopic (exact) mass is 396 g/mol. The predicted molar refractivity (Wildman–Crippen MR) is 107 cm³/mol. The Morgan fingerprint density at radius 2 is 1.55 bits per heavy atom. The van der Waals surface area contributed by atoms with Crippen LogP contribution in [-0.4, -0.2) is 29.8 Å². The van der Waals surface area contributed by atoms with Gasteiger partial charge in [0.15, 0.2) is 0 Å². The fourth-order valence-corrected chi connectivity index (χ4v) is 3.97. The summed E-state index contributed by atoms with van der Waals surface area (Å²) < 4.78 is 27.8. The first-order valence-corrected chi connectivity index (χ1v) is 9.79. The number of likely N-dealkylation sites (tertiary alicyclic amines) is 1. The third-order valence-corrected chi connectivity index (χ3v) is 5.68. The van der Waals surface area contributed by atoms with Gasteiger partial charge in [-0.05, 0) is 61.9 Å². The highest BCUT2D eigenvalue weighted by Crippen LogP contribution is 2.37. The van der Waals surface area contributed by atoms with E-state index in [1.54, 1.807) is 0 Å².